The second kappa shape index (κ2) is 11.2. The van der Waals surface area contributed by atoms with Gasteiger partial charge in [-0.2, -0.15) is 13.2 Å². The molecule has 2 N–H and O–H groups in total. The van der Waals surface area contributed by atoms with Gasteiger partial charge in [0.15, 0.2) is 0 Å². The fourth-order valence-corrected chi connectivity index (χ4v) is 4.52. The number of aromatic nitrogens is 2. The molecule has 2 aromatic carbocycles. The summed E-state index contributed by atoms with van der Waals surface area (Å²) in [7, 11) is 0. The zero-order chi connectivity index (χ0) is 27.4. The van der Waals surface area contributed by atoms with E-state index in [1.54, 1.807) is 17.2 Å². The van der Waals surface area contributed by atoms with E-state index in [1.165, 1.54) is 24.3 Å². The lowest BCUT2D eigenvalue weighted by molar-refractivity contribution is -0.140. The number of carbonyl (C=O) groups excluding carboxylic acids is 1. The van der Waals surface area contributed by atoms with Gasteiger partial charge in [0.1, 0.15) is 17.3 Å². The summed E-state index contributed by atoms with van der Waals surface area (Å²) in [5.74, 6) is 0.0395. The van der Waals surface area contributed by atoms with Crippen molar-refractivity contribution in [2.24, 2.45) is 0 Å². The molecular weight excluding hydrogens is 512 g/mol. The first-order valence-corrected chi connectivity index (χ1v) is 12.5. The van der Waals surface area contributed by atoms with Gasteiger partial charge in [0.25, 0.3) is 0 Å². The maximum atomic E-state index is 13.4. The van der Waals surface area contributed by atoms with E-state index < -0.39 is 17.7 Å². The minimum Gasteiger partial charge on any atom is -0.368 e. The normalized spacial score (nSPS) is 14.4. The molecule has 3 heterocycles. The third kappa shape index (κ3) is 6.26. The minimum atomic E-state index is -4.56. The van der Waals surface area contributed by atoms with Crippen LogP contribution in [0.15, 0.2) is 72.9 Å². The predicted octanol–water partition coefficient (Wildman–Crippen LogP) is 5.72. The fourth-order valence-electron chi connectivity index (χ4n) is 4.52. The molecule has 5 rings (SSSR count). The Balaban J connectivity index is 1.22. The summed E-state index contributed by atoms with van der Waals surface area (Å²) in [6, 6.07) is 16.9. The van der Waals surface area contributed by atoms with Crippen LogP contribution >= 0.6 is 0 Å². The molecule has 0 aliphatic carbocycles. The molecule has 7 nitrogen and oxygen atoms in total. The highest BCUT2D eigenvalue weighted by molar-refractivity contribution is 5.99. The van der Waals surface area contributed by atoms with Gasteiger partial charge in [0, 0.05) is 62.1 Å². The Kier molecular flexibility index (Phi) is 7.60. The van der Waals surface area contributed by atoms with Crippen LogP contribution in [0.2, 0.25) is 0 Å². The molecule has 0 saturated carbocycles. The van der Waals surface area contributed by atoms with Crippen LogP contribution in [0.1, 0.15) is 5.69 Å². The molecule has 2 amide bonds. The van der Waals surface area contributed by atoms with Gasteiger partial charge in [-0.1, -0.05) is 36.4 Å². The molecule has 1 aliphatic rings. The molecule has 1 fully saturated rings. The van der Waals surface area contributed by atoms with Crippen molar-refractivity contribution in [3.63, 3.8) is 0 Å². The van der Waals surface area contributed by atoms with Crippen LogP contribution in [0.25, 0.3) is 22.0 Å². The summed E-state index contributed by atoms with van der Waals surface area (Å²) in [6.45, 7) is 3.47. The van der Waals surface area contributed by atoms with E-state index in [0.29, 0.717) is 61.7 Å². The number of pyridine rings is 2. The van der Waals surface area contributed by atoms with Crippen molar-refractivity contribution in [3.05, 3.63) is 84.4 Å². The van der Waals surface area contributed by atoms with Gasteiger partial charge in [0.2, 0.25) is 0 Å². The second-order valence-corrected chi connectivity index (χ2v) is 9.17. The van der Waals surface area contributed by atoms with Gasteiger partial charge in [-0.25, -0.2) is 19.2 Å². The predicted molar refractivity (Wildman–Crippen MR) is 142 cm³/mol. The zero-order valence-electron chi connectivity index (χ0n) is 20.9. The molecule has 0 radical (unpaired) electrons. The average Bonchev–Trinajstić information content (AvgIpc) is 2.93. The number of halogens is 4. The Morgan fingerprint density at radius 1 is 0.949 bits per heavy atom. The minimum absolute atomic E-state index is 0.228. The van der Waals surface area contributed by atoms with Gasteiger partial charge in [-0.3, -0.25) is 4.90 Å². The largest absolute Gasteiger partial charge is 0.433 e. The maximum Gasteiger partial charge on any atom is 0.433 e. The number of urea groups is 1. The molecule has 1 aliphatic heterocycles. The second-order valence-electron chi connectivity index (χ2n) is 9.17. The smallest absolute Gasteiger partial charge is 0.368 e. The number of nitrogens with zero attached hydrogens (tertiary/aromatic N) is 4. The molecular formula is C28H26F4N6O. The van der Waals surface area contributed by atoms with Crippen molar-refractivity contribution >= 4 is 28.4 Å². The molecule has 2 aromatic heterocycles. The Morgan fingerprint density at radius 2 is 1.72 bits per heavy atom. The highest BCUT2D eigenvalue weighted by Crippen LogP contribution is 2.34. The first-order valence-electron chi connectivity index (χ1n) is 12.5. The highest BCUT2D eigenvalue weighted by Gasteiger charge is 2.33. The van der Waals surface area contributed by atoms with Crippen molar-refractivity contribution in [3.8, 4) is 11.1 Å². The molecule has 202 valence electrons. The van der Waals surface area contributed by atoms with Gasteiger partial charge >= 0.3 is 12.2 Å². The Labute approximate surface area is 222 Å². The van der Waals surface area contributed by atoms with E-state index in [0.717, 1.165) is 11.6 Å². The van der Waals surface area contributed by atoms with E-state index in [4.69, 9.17) is 0 Å². The third-order valence-electron chi connectivity index (χ3n) is 6.56. The van der Waals surface area contributed by atoms with Gasteiger partial charge in [0.05, 0.1) is 5.52 Å². The topological polar surface area (TPSA) is 73.4 Å². The Hall–Kier alpha value is -4.25. The molecule has 4 aromatic rings. The van der Waals surface area contributed by atoms with Gasteiger partial charge in [-0.15, -0.1) is 0 Å². The lowest BCUT2D eigenvalue weighted by atomic mass is 10.0. The molecule has 1 saturated heterocycles. The van der Waals surface area contributed by atoms with Crippen LogP contribution in [-0.4, -0.2) is 65.1 Å². The third-order valence-corrected chi connectivity index (χ3v) is 6.56. The molecule has 39 heavy (non-hydrogen) atoms. The van der Waals surface area contributed by atoms with E-state index >= 15 is 0 Å². The van der Waals surface area contributed by atoms with Crippen LogP contribution in [-0.2, 0) is 6.18 Å². The number of fused-ring (bicyclic) bond motifs is 1. The fraction of sp³-hybridized carbons (Fsp3) is 0.250. The number of alkyl halides is 3. The van der Waals surface area contributed by atoms with Crippen molar-refractivity contribution < 1.29 is 22.4 Å². The van der Waals surface area contributed by atoms with Crippen LogP contribution < -0.4 is 10.6 Å². The first kappa shape index (κ1) is 26.4. The number of hydrogen-bond acceptors (Lipinski definition) is 5. The molecule has 11 heteroatoms. The SMILES string of the molecule is O=C(Nc1cccc(F)c1)N1CCN(CCNc2ncc(-c3ccccc3)c3nc(C(F)(F)F)ccc23)CC1. The van der Waals surface area contributed by atoms with Crippen molar-refractivity contribution in [2.75, 3.05) is 49.9 Å². The number of carbonyl (C=O) groups is 1. The molecule has 0 unspecified atom stereocenters. The zero-order valence-corrected chi connectivity index (χ0v) is 20.9. The summed E-state index contributed by atoms with van der Waals surface area (Å²) in [5, 5.41) is 6.45. The van der Waals surface area contributed by atoms with E-state index in [1.807, 2.05) is 30.3 Å². The van der Waals surface area contributed by atoms with E-state index in [2.05, 4.69) is 25.5 Å². The van der Waals surface area contributed by atoms with Crippen LogP contribution in [0.5, 0.6) is 0 Å². The lowest BCUT2D eigenvalue weighted by Crippen LogP contribution is -2.50. The number of hydrogen-bond donors (Lipinski definition) is 2. The first-order chi connectivity index (χ1) is 18.8. The monoisotopic (exact) mass is 538 g/mol. The van der Waals surface area contributed by atoms with Crippen molar-refractivity contribution in [2.45, 2.75) is 6.18 Å². The van der Waals surface area contributed by atoms with Crippen LogP contribution in [0, 0.1) is 5.82 Å². The van der Waals surface area contributed by atoms with Crippen molar-refractivity contribution in [1.82, 2.24) is 19.8 Å². The number of anilines is 2. The summed E-state index contributed by atoms with van der Waals surface area (Å²) in [5.41, 5.74) is 0.930. The summed E-state index contributed by atoms with van der Waals surface area (Å²) in [4.78, 5) is 24.8. The van der Waals surface area contributed by atoms with Gasteiger partial charge < -0.3 is 15.5 Å². The summed E-state index contributed by atoms with van der Waals surface area (Å²) in [6.07, 6.45) is -3.02. The number of rotatable bonds is 6. The lowest BCUT2D eigenvalue weighted by Gasteiger charge is -2.34. The number of benzene rings is 2. The number of piperazine rings is 1. The average molecular weight is 539 g/mol. The molecule has 0 atom stereocenters. The summed E-state index contributed by atoms with van der Waals surface area (Å²) >= 11 is 0. The van der Waals surface area contributed by atoms with Crippen molar-refractivity contribution in [1.29, 1.82) is 0 Å². The Bertz CT molecular complexity index is 1460. The molecule has 0 bridgehead atoms. The standard InChI is InChI=1S/C28H26F4N6O/c29-20-7-4-8-21(17-20)35-27(39)38-15-13-37(14-16-38)12-11-33-26-22-9-10-24(28(30,31)32)36-25(22)23(18-34-26)19-5-2-1-3-6-19/h1-10,17-18H,11-16H2,(H,33,34)(H,35,39). The number of nitrogens with one attached hydrogen (secondary N) is 2. The van der Waals surface area contributed by atoms with Crippen LogP contribution in [0.3, 0.4) is 0 Å². The highest BCUT2D eigenvalue weighted by atomic mass is 19.4. The van der Waals surface area contributed by atoms with E-state index in [-0.39, 0.29) is 11.5 Å². The molecule has 0 spiro atoms. The number of amides is 2. The van der Waals surface area contributed by atoms with E-state index in [9.17, 15) is 22.4 Å². The van der Waals surface area contributed by atoms with Crippen LogP contribution in [0.4, 0.5) is 33.9 Å². The van der Waals surface area contributed by atoms with Gasteiger partial charge in [-0.05, 0) is 35.9 Å². The summed E-state index contributed by atoms with van der Waals surface area (Å²) < 4.78 is 53.6. The maximum absolute atomic E-state index is 13.4. The Morgan fingerprint density at radius 3 is 2.44 bits per heavy atom. The quantitative estimate of drug-likeness (QED) is 0.308.